The van der Waals surface area contributed by atoms with Gasteiger partial charge < -0.3 is 9.26 Å². The maximum absolute atomic E-state index is 12.6. The van der Waals surface area contributed by atoms with Crippen molar-refractivity contribution < 1.29 is 17.7 Å². The van der Waals surface area contributed by atoms with Crippen LogP contribution in [0.4, 0.5) is 0 Å². The highest BCUT2D eigenvalue weighted by Crippen LogP contribution is 2.23. The molecule has 1 aromatic carbocycles. The molecular formula is C16H23N3O4S. The summed E-state index contributed by atoms with van der Waals surface area (Å²) in [5.74, 6) is 0.871. The third-order valence-electron chi connectivity index (χ3n) is 3.39. The predicted octanol–water partition coefficient (Wildman–Crippen LogP) is 2.59. The largest absolute Gasteiger partial charge is 0.377 e. The molecule has 1 N–H and O–H groups in total. The minimum Gasteiger partial charge on any atom is -0.377 e. The Morgan fingerprint density at radius 3 is 2.50 bits per heavy atom. The van der Waals surface area contributed by atoms with E-state index in [1.54, 1.807) is 24.3 Å². The van der Waals surface area contributed by atoms with E-state index in [1.165, 1.54) is 7.11 Å². The zero-order chi connectivity index (χ0) is 17.7. The molecule has 0 saturated heterocycles. The summed E-state index contributed by atoms with van der Waals surface area (Å²) in [7, 11) is -2.15. The first-order valence-corrected chi connectivity index (χ1v) is 9.20. The molecular weight excluding hydrogens is 330 g/mol. The molecule has 0 aliphatic carbocycles. The van der Waals surface area contributed by atoms with E-state index in [0.717, 1.165) is 5.56 Å². The van der Waals surface area contributed by atoms with Gasteiger partial charge in [0.15, 0.2) is 5.82 Å². The van der Waals surface area contributed by atoms with E-state index in [9.17, 15) is 8.42 Å². The molecule has 0 radical (unpaired) electrons. The van der Waals surface area contributed by atoms with Gasteiger partial charge in [-0.25, -0.2) is 8.42 Å². The molecule has 0 aliphatic heterocycles. The first-order valence-electron chi connectivity index (χ1n) is 7.72. The van der Waals surface area contributed by atoms with E-state index in [1.807, 2.05) is 20.8 Å². The summed E-state index contributed by atoms with van der Waals surface area (Å²) >= 11 is 0. The van der Waals surface area contributed by atoms with Crippen molar-refractivity contribution in [2.75, 3.05) is 7.11 Å². The average molecular weight is 353 g/mol. The molecule has 1 atom stereocenters. The lowest BCUT2D eigenvalue weighted by atomic mass is 10.0. The van der Waals surface area contributed by atoms with E-state index in [0.29, 0.717) is 12.2 Å². The summed E-state index contributed by atoms with van der Waals surface area (Å²) < 4.78 is 38.1. The van der Waals surface area contributed by atoms with E-state index < -0.39 is 16.1 Å². The third-order valence-corrected chi connectivity index (χ3v) is 4.88. The Kier molecular flexibility index (Phi) is 6.09. The minimum atomic E-state index is -3.68. The van der Waals surface area contributed by atoms with Crippen LogP contribution in [0.15, 0.2) is 33.7 Å². The lowest BCUT2D eigenvalue weighted by Gasteiger charge is -2.17. The number of aromatic nitrogens is 2. The quantitative estimate of drug-likeness (QED) is 0.784. The molecule has 8 heteroatoms. The topological polar surface area (TPSA) is 94.3 Å². The second-order valence-electron chi connectivity index (χ2n) is 6.10. The molecule has 132 valence electrons. The molecule has 2 rings (SSSR count). The molecule has 1 aromatic heterocycles. The zero-order valence-corrected chi connectivity index (χ0v) is 15.1. The van der Waals surface area contributed by atoms with Crippen molar-refractivity contribution in [1.82, 2.24) is 14.9 Å². The molecule has 0 fully saturated rings. The van der Waals surface area contributed by atoms with E-state index in [4.69, 9.17) is 9.26 Å². The first-order chi connectivity index (χ1) is 11.3. The van der Waals surface area contributed by atoms with Gasteiger partial charge in [-0.3, -0.25) is 0 Å². The minimum absolute atomic E-state index is 0.207. The highest BCUT2D eigenvalue weighted by Gasteiger charge is 2.26. The highest BCUT2D eigenvalue weighted by atomic mass is 32.2. The van der Waals surface area contributed by atoms with Crippen molar-refractivity contribution in [3.63, 3.8) is 0 Å². The second-order valence-corrected chi connectivity index (χ2v) is 7.81. The van der Waals surface area contributed by atoms with E-state index in [-0.39, 0.29) is 23.3 Å². The van der Waals surface area contributed by atoms with Crippen LogP contribution in [0, 0.1) is 12.8 Å². The number of nitrogens with zero attached hydrogens (tertiary/aromatic N) is 2. The van der Waals surface area contributed by atoms with Crippen LogP contribution >= 0.6 is 0 Å². The molecule has 1 heterocycles. The van der Waals surface area contributed by atoms with Crippen LogP contribution in [-0.4, -0.2) is 25.7 Å². The van der Waals surface area contributed by atoms with Crippen LogP contribution in [0.1, 0.15) is 43.6 Å². The zero-order valence-electron chi connectivity index (χ0n) is 14.3. The predicted molar refractivity (Wildman–Crippen MR) is 88.7 cm³/mol. The van der Waals surface area contributed by atoms with Crippen LogP contribution in [0.25, 0.3) is 0 Å². The number of rotatable bonds is 8. The third kappa shape index (κ3) is 4.86. The normalized spacial score (nSPS) is 13.4. The van der Waals surface area contributed by atoms with Gasteiger partial charge in [0.2, 0.25) is 15.9 Å². The van der Waals surface area contributed by atoms with Crippen molar-refractivity contribution in [2.45, 2.75) is 44.7 Å². The summed E-state index contributed by atoms with van der Waals surface area (Å²) in [6.45, 7) is 6.11. The van der Waals surface area contributed by atoms with Gasteiger partial charge in [-0.2, -0.15) is 9.71 Å². The standard InChI is InChI=1S/C16H23N3O4S/c1-11(2)9-14(16-17-15(10-22-4)18-23-16)19-24(20,21)13-7-5-12(3)6-8-13/h5-8,11,14,19H,9-10H2,1-4H3. The number of hydrogen-bond acceptors (Lipinski definition) is 6. The molecule has 0 spiro atoms. The van der Waals surface area contributed by atoms with Crippen molar-refractivity contribution in [1.29, 1.82) is 0 Å². The molecule has 0 amide bonds. The van der Waals surface area contributed by atoms with Gasteiger partial charge in [0.25, 0.3) is 0 Å². The van der Waals surface area contributed by atoms with Gasteiger partial charge in [-0.05, 0) is 31.4 Å². The number of ether oxygens (including phenoxy) is 1. The summed E-state index contributed by atoms with van der Waals surface area (Å²) in [6.07, 6.45) is 0.541. The lowest BCUT2D eigenvalue weighted by molar-refractivity contribution is 0.174. The van der Waals surface area contributed by atoms with Crippen LogP contribution in [0.2, 0.25) is 0 Å². The van der Waals surface area contributed by atoms with Gasteiger partial charge >= 0.3 is 0 Å². The smallest absolute Gasteiger partial charge is 0.244 e. The first kappa shape index (κ1) is 18.6. The summed E-state index contributed by atoms with van der Waals surface area (Å²) in [5, 5.41) is 3.80. The molecule has 0 aliphatic rings. The molecule has 0 saturated carbocycles. The number of benzene rings is 1. The molecule has 7 nitrogen and oxygen atoms in total. The Morgan fingerprint density at radius 2 is 1.92 bits per heavy atom. The van der Waals surface area contributed by atoms with Crippen molar-refractivity contribution >= 4 is 10.0 Å². The van der Waals surface area contributed by atoms with Gasteiger partial charge in [0, 0.05) is 7.11 Å². The second kappa shape index (κ2) is 7.87. The van der Waals surface area contributed by atoms with Crippen molar-refractivity contribution in [3.05, 3.63) is 41.5 Å². The van der Waals surface area contributed by atoms with Crippen LogP contribution in [0.5, 0.6) is 0 Å². The Morgan fingerprint density at radius 1 is 1.25 bits per heavy atom. The van der Waals surface area contributed by atoms with Gasteiger partial charge in [0.05, 0.1) is 4.90 Å². The number of sulfonamides is 1. The summed E-state index contributed by atoms with van der Waals surface area (Å²) in [4.78, 5) is 4.42. The maximum Gasteiger partial charge on any atom is 0.244 e. The number of hydrogen-bond donors (Lipinski definition) is 1. The summed E-state index contributed by atoms with van der Waals surface area (Å²) in [5.41, 5.74) is 0.994. The van der Waals surface area contributed by atoms with Crippen molar-refractivity contribution in [3.8, 4) is 0 Å². The average Bonchev–Trinajstić information content (AvgIpc) is 2.95. The molecule has 2 aromatic rings. The SMILES string of the molecule is COCc1noc(C(CC(C)C)NS(=O)(=O)c2ccc(C)cc2)n1. The number of aryl methyl sites for hydroxylation is 1. The molecule has 24 heavy (non-hydrogen) atoms. The fraction of sp³-hybridized carbons (Fsp3) is 0.500. The Labute approximate surface area is 142 Å². The van der Waals surface area contributed by atoms with Gasteiger partial charge in [0.1, 0.15) is 12.6 Å². The number of nitrogens with one attached hydrogen (secondary N) is 1. The molecule has 0 bridgehead atoms. The van der Waals surface area contributed by atoms with Gasteiger partial charge in [-0.1, -0.05) is 36.7 Å². The Balaban J connectivity index is 2.25. The van der Waals surface area contributed by atoms with Gasteiger partial charge in [-0.15, -0.1) is 0 Å². The van der Waals surface area contributed by atoms with E-state index >= 15 is 0 Å². The number of methoxy groups -OCH3 is 1. The van der Waals surface area contributed by atoms with Crippen LogP contribution in [0.3, 0.4) is 0 Å². The van der Waals surface area contributed by atoms with Crippen LogP contribution in [-0.2, 0) is 21.4 Å². The Bertz CT molecular complexity index is 754. The van der Waals surface area contributed by atoms with E-state index in [2.05, 4.69) is 14.9 Å². The summed E-state index contributed by atoms with van der Waals surface area (Å²) in [6, 6.07) is 6.09. The monoisotopic (exact) mass is 353 g/mol. The molecule has 1 unspecified atom stereocenters. The Hall–Kier alpha value is -1.77. The maximum atomic E-state index is 12.6. The fourth-order valence-electron chi connectivity index (χ4n) is 2.24. The lowest BCUT2D eigenvalue weighted by Crippen LogP contribution is -2.30. The fourth-order valence-corrected chi connectivity index (χ4v) is 3.44. The highest BCUT2D eigenvalue weighted by molar-refractivity contribution is 7.89. The van der Waals surface area contributed by atoms with Crippen molar-refractivity contribution in [2.24, 2.45) is 5.92 Å². The van der Waals surface area contributed by atoms with Crippen LogP contribution < -0.4 is 4.72 Å².